The van der Waals surface area contributed by atoms with E-state index in [0.717, 1.165) is 29.3 Å². The molecule has 0 unspecified atom stereocenters. The topological polar surface area (TPSA) is 101 Å². The molecule has 34 heavy (non-hydrogen) atoms. The predicted molar refractivity (Wildman–Crippen MR) is 127 cm³/mol. The predicted octanol–water partition coefficient (Wildman–Crippen LogP) is 4.89. The highest BCUT2D eigenvalue weighted by Gasteiger charge is 2.17. The maximum Gasteiger partial charge on any atom is 0.276 e. The van der Waals surface area contributed by atoms with Crippen molar-refractivity contribution in [3.05, 3.63) is 99.8 Å². The molecular formula is C24H19ClFN3O4S. The highest BCUT2D eigenvalue weighted by molar-refractivity contribution is 7.89. The Kier molecular flexibility index (Phi) is 6.41. The molecule has 7 nitrogen and oxygen atoms in total. The van der Waals surface area contributed by atoms with Gasteiger partial charge in [0.15, 0.2) is 0 Å². The lowest BCUT2D eigenvalue weighted by Gasteiger charge is -2.09. The van der Waals surface area contributed by atoms with Crippen molar-refractivity contribution in [2.75, 3.05) is 5.32 Å². The summed E-state index contributed by atoms with van der Waals surface area (Å²) in [4.78, 5) is 14.8. The van der Waals surface area contributed by atoms with Crippen molar-refractivity contribution in [1.29, 1.82) is 0 Å². The first-order valence-corrected chi connectivity index (χ1v) is 11.9. The van der Waals surface area contributed by atoms with Gasteiger partial charge in [-0.3, -0.25) is 4.79 Å². The highest BCUT2D eigenvalue weighted by Crippen LogP contribution is 2.20. The molecule has 0 saturated heterocycles. The molecule has 0 atom stereocenters. The summed E-state index contributed by atoms with van der Waals surface area (Å²) in [6.45, 7) is 3.82. The maximum atomic E-state index is 13.4. The number of hydrogen-bond acceptors (Lipinski definition) is 5. The number of nitrogens with zero attached hydrogens (tertiary/aromatic N) is 1. The normalized spacial score (nSPS) is 12.1. The number of halogens is 2. The van der Waals surface area contributed by atoms with Gasteiger partial charge in [0, 0.05) is 11.1 Å². The summed E-state index contributed by atoms with van der Waals surface area (Å²) in [6.07, 6.45) is 0. The van der Waals surface area contributed by atoms with Gasteiger partial charge in [-0.05, 0) is 67.4 Å². The van der Waals surface area contributed by atoms with E-state index in [2.05, 4.69) is 10.4 Å². The first-order valence-electron chi connectivity index (χ1n) is 10.1. The van der Waals surface area contributed by atoms with E-state index in [1.54, 1.807) is 42.5 Å². The minimum Gasteiger partial charge on any atom is -0.436 e. The van der Waals surface area contributed by atoms with Crippen molar-refractivity contribution in [2.24, 2.45) is 5.10 Å². The van der Waals surface area contributed by atoms with Crippen LogP contribution >= 0.6 is 11.6 Å². The van der Waals surface area contributed by atoms with Gasteiger partial charge >= 0.3 is 0 Å². The molecule has 0 saturated carbocycles. The molecule has 4 rings (SSSR count). The molecule has 3 aromatic carbocycles. The minimum absolute atomic E-state index is 0.0118. The standard InChI is InChI=1S/C24H19ClFN3O4S/c1-14-9-15(2)11-17(10-14)27-23(30)19-12-16-5-3-4-6-22(16)33-24(19)28-29-34(31,32)18-7-8-21(26)20(25)13-18/h3-13,29H,1-2H3,(H,27,30)/b28-24+. The smallest absolute Gasteiger partial charge is 0.276 e. The quantitative estimate of drug-likeness (QED) is 0.382. The molecule has 0 aliphatic heterocycles. The van der Waals surface area contributed by atoms with Crippen molar-refractivity contribution in [3.63, 3.8) is 0 Å². The summed E-state index contributed by atoms with van der Waals surface area (Å²) in [6, 6.07) is 17.0. The van der Waals surface area contributed by atoms with E-state index in [-0.39, 0.29) is 21.0 Å². The first-order chi connectivity index (χ1) is 16.1. The summed E-state index contributed by atoms with van der Waals surface area (Å²) >= 11 is 5.70. The third-order valence-electron chi connectivity index (χ3n) is 4.85. The molecule has 0 bridgehead atoms. The molecule has 174 valence electrons. The van der Waals surface area contributed by atoms with Gasteiger partial charge in [0.2, 0.25) is 5.55 Å². The highest BCUT2D eigenvalue weighted by atomic mass is 35.5. The third kappa shape index (κ3) is 5.11. The zero-order valence-corrected chi connectivity index (χ0v) is 19.7. The summed E-state index contributed by atoms with van der Waals surface area (Å²) < 4.78 is 44.5. The third-order valence-corrected chi connectivity index (χ3v) is 6.34. The molecule has 1 amide bonds. The lowest BCUT2D eigenvalue weighted by atomic mass is 10.1. The second-order valence-corrected chi connectivity index (χ2v) is 9.68. The Morgan fingerprint density at radius 3 is 2.41 bits per heavy atom. The van der Waals surface area contributed by atoms with Crippen LogP contribution in [0.5, 0.6) is 0 Å². The molecule has 1 aromatic heterocycles. The lowest BCUT2D eigenvalue weighted by molar-refractivity contribution is 0.102. The van der Waals surface area contributed by atoms with Gasteiger partial charge < -0.3 is 9.73 Å². The number of anilines is 1. The summed E-state index contributed by atoms with van der Waals surface area (Å²) in [7, 11) is -4.22. The van der Waals surface area contributed by atoms with Crippen LogP contribution in [0, 0.1) is 19.7 Å². The summed E-state index contributed by atoms with van der Waals surface area (Å²) in [5.41, 5.74) is 2.66. The molecule has 1 heterocycles. The van der Waals surface area contributed by atoms with Crippen LogP contribution in [0.3, 0.4) is 0 Å². The van der Waals surface area contributed by atoms with Gasteiger partial charge in [-0.25, -0.2) is 4.39 Å². The van der Waals surface area contributed by atoms with Gasteiger partial charge in [0.25, 0.3) is 15.9 Å². The molecule has 0 spiro atoms. The number of aryl methyl sites for hydroxylation is 2. The van der Waals surface area contributed by atoms with E-state index in [0.29, 0.717) is 16.7 Å². The second kappa shape index (κ2) is 9.28. The molecule has 10 heteroatoms. The van der Waals surface area contributed by atoms with E-state index in [1.807, 2.05) is 24.7 Å². The largest absolute Gasteiger partial charge is 0.436 e. The molecule has 2 N–H and O–H groups in total. The van der Waals surface area contributed by atoms with Crippen LogP contribution in [-0.4, -0.2) is 14.3 Å². The van der Waals surface area contributed by atoms with Gasteiger partial charge in [-0.2, -0.15) is 13.2 Å². The number of amides is 1. The fraction of sp³-hybridized carbons (Fsp3) is 0.0833. The molecule has 0 radical (unpaired) electrons. The number of fused-ring (bicyclic) bond motifs is 1. The number of rotatable bonds is 5. The van der Waals surface area contributed by atoms with Gasteiger partial charge in [-0.15, -0.1) is 5.10 Å². The van der Waals surface area contributed by atoms with Crippen molar-refractivity contribution >= 4 is 44.2 Å². The molecule has 0 fully saturated rings. The zero-order valence-electron chi connectivity index (χ0n) is 18.1. The van der Waals surface area contributed by atoms with Gasteiger partial charge in [-0.1, -0.05) is 35.9 Å². The average molecular weight is 500 g/mol. The van der Waals surface area contributed by atoms with Crippen molar-refractivity contribution in [3.8, 4) is 0 Å². The minimum atomic E-state index is -4.22. The Morgan fingerprint density at radius 2 is 1.71 bits per heavy atom. The van der Waals surface area contributed by atoms with Crippen molar-refractivity contribution < 1.29 is 22.0 Å². The molecule has 0 aliphatic carbocycles. The molecule has 4 aromatic rings. The number of benzene rings is 3. The Hall–Kier alpha value is -3.69. The average Bonchev–Trinajstić information content (AvgIpc) is 2.78. The van der Waals surface area contributed by atoms with Crippen LogP contribution in [0.2, 0.25) is 5.02 Å². The zero-order chi connectivity index (χ0) is 24.5. The number of carbonyl (C=O) groups excluding carboxylic acids is 1. The van der Waals surface area contributed by atoms with Crippen LogP contribution in [0.15, 0.2) is 81.1 Å². The monoisotopic (exact) mass is 499 g/mol. The Labute approximate surface area is 199 Å². The Balaban J connectivity index is 1.76. The van der Waals surface area contributed by atoms with Crippen LogP contribution in [-0.2, 0) is 10.0 Å². The van der Waals surface area contributed by atoms with Gasteiger partial charge in [0.05, 0.1) is 9.92 Å². The van der Waals surface area contributed by atoms with E-state index in [4.69, 9.17) is 16.0 Å². The molecule has 0 aliphatic rings. The Morgan fingerprint density at radius 1 is 1.00 bits per heavy atom. The summed E-state index contributed by atoms with van der Waals surface area (Å²) in [5, 5.41) is 6.91. The first kappa shape index (κ1) is 23.5. The fourth-order valence-corrected chi connectivity index (χ4v) is 4.43. The maximum absolute atomic E-state index is 13.4. The van der Waals surface area contributed by atoms with Crippen LogP contribution in [0.1, 0.15) is 21.5 Å². The van der Waals surface area contributed by atoms with Crippen LogP contribution in [0.25, 0.3) is 11.0 Å². The number of sulfonamides is 1. The van der Waals surface area contributed by atoms with Crippen molar-refractivity contribution in [1.82, 2.24) is 4.83 Å². The second-order valence-electron chi connectivity index (χ2n) is 7.62. The SMILES string of the molecule is Cc1cc(C)cc(NC(=O)c2cc3ccccc3o/c2=N/NS(=O)(=O)c2ccc(F)c(Cl)c2)c1. The number of nitrogens with one attached hydrogen (secondary N) is 2. The van der Waals surface area contributed by atoms with Crippen LogP contribution < -0.4 is 15.7 Å². The van der Waals surface area contributed by atoms with Crippen LogP contribution in [0.4, 0.5) is 10.1 Å². The van der Waals surface area contributed by atoms with Crippen molar-refractivity contribution in [2.45, 2.75) is 18.7 Å². The van der Waals surface area contributed by atoms with E-state index >= 15 is 0 Å². The number of hydrogen-bond donors (Lipinski definition) is 2. The summed E-state index contributed by atoms with van der Waals surface area (Å²) in [5.74, 6) is -1.30. The number of carbonyl (C=O) groups is 1. The Bertz CT molecular complexity index is 1580. The number of para-hydroxylation sites is 1. The van der Waals surface area contributed by atoms with Gasteiger partial charge in [0.1, 0.15) is 17.0 Å². The fourth-order valence-electron chi connectivity index (χ4n) is 3.36. The molecular weight excluding hydrogens is 481 g/mol. The van der Waals surface area contributed by atoms with E-state index < -0.39 is 21.7 Å². The lowest BCUT2D eigenvalue weighted by Crippen LogP contribution is -2.27. The van der Waals surface area contributed by atoms with E-state index in [1.165, 1.54) is 0 Å². The van der Waals surface area contributed by atoms with E-state index in [9.17, 15) is 17.6 Å².